The van der Waals surface area contributed by atoms with Crippen LogP contribution in [0.25, 0.3) is 0 Å². The Labute approximate surface area is 491 Å². The second-order valence-corrected chi connectivity index (χ2v) is 50.6. The highest BCUT2D eigenvalue weighted by atomic mass is 32.2. The monoisotopic (exact) mass is 1170 g/mol. The molecule has 0 saturated carbocycles. The molecule has 1 heterocycles. The maximum Gasteiger partial charge on any atom is 0.192 e. The van der Waals surface area contributed by atoms with Crippen LogP contribution >= 0.6 is 11.8 Å². The van der Waals surface area contributed by atoms with Gasteiger partial charge in [0.1, 0.15) is 11.2 Å². The van der Waals surface area contributed by atoms with E-state index in [2.05, 4.69) is 247 Å². The van der Waals surface area contributed by atoms with Gasteiger partial charge in [0.2, 0.25) is 0 Å². The summed E-state index contributed by atoms with van der Waals surface area (Å²) in [5.74, 6) is 3.07. The first-order valence-corrected chi connectivity index (χ1v) is 42.9. The average molecular weight is 1170 g/mol. The van der Waals surface area contributed by atoms with Crippen LogP contribution < -0.4 is 4.74 Å². The van der Waals surface area contributed by atoms with Crippen molar-refractivity contribution in [2.45, 2.75) is 279 Å². The summed E-state index contributed by atoms with van der Waals surface area (Å²) >= 11 is 1.93. The molecule has 0 bridgehead atoms. The topological polar surface area (TPSA) is 64.6 Å². The lowest BCUT2D eigenvalue weighted by atomic mass is 9.81. The minimum atomic E-state index is -2.22. The molecule has 0 amide bonds. The smallest absolute Gasteiger partial charge is 0.192 e. The van der Waals surface area contributed by atoms with Crippen LogP contribution in [0.5, 0.6) is 5.75 Å². The number of rotatable bonds is 29. The number of ether oxygens (including phenoxy) is 3. The normalized spacial score (nSPS) is 23.7. The van der Waals surface area contributed by atoms with E-state index in [1.807, 2.05) is 30.0 Å². The molecular formula is C66H124O7SSi4. The van der Waals surface area contributed by atoms with Gasteiger partial charge in [-0.3, -0.25) is 0 Å². The van der Waals surface area contributed by atoms with Crippen LogP contribution in [0, 0.1) is 41.4 Å². The van der Waals surface area contributed by atoms with Crippen molar-refractivity contribution in [2.24, 2.45) is 41.4 Å². The standard InChI is InChI=1S/C66H124O7SSi4/c1-32-34-35-47(4)59(68-45-54-37-40-55(67-23)41-38-54)52(9)60(72-77(28,29)65(17,18)19)50(7)43-46(3)42-49(6)58(71-76(26,27)64(14,15)16)48(5)36-39-56(70-75(24,25)63(11,12)13)44-57-51(8)61(53(10)62(69-57)74-33-2)73-78(30,31)66(20,21)22/h32,34-42,47-53,56-62H,1,33,43-45H2,2-31H3/b35-34-,39-36-,46-42-/t47-,48+,49+,50+,51+,52-,53-,56-,57+,58+,59-,60-,61+,62-/m1/s1. The van der Waals surface area contributed by atoms with Gasteiger partial charge in [-0.05, 0) is 127 Å². The molecule has 0 aromatic heterocycles. The molecule has 0 aliphatic carbocycles. The Balaban J connectivity index is 2.72. The Morgan fingerprint density at radius 2 is 1.14 bits per heavy atom. The summed E-state index contributed by atoms with van der Waals surface area (Å²) < 4.78 is 49.7. The molecule has 0 spiro atoms. The van der Waals surface area contributed by atoms with E-state index >= 15 is 0 Å². The molecule has 1 aliphatic rings. The van der Waals surface area contributed by atoms with E-state index in [-0.39, 0.29) is 104 Å². The summed E-state index contributed by atoms with van der Waals surface area (Å²) in [7, 11) is -7.00. The second-order valence-electron chi connectivity index (χ2n) is 30.2. The van der Waals surface area contributed by atoms with Gasteiger partial charge in [0.05, 0.1) is 50.3 Å². The summed E-state index contributed by atoms with van der Waals surface area (Å²) in [5.41, 5.74) is 2.56. The largest absolute Gasteiger partial charge is 0.497 e. The summed E-state index contributed by atoms with van der Waals surface area (Å²) in [6.07, 6.45) is 15.0. The van der Waals surface area contributed by atoms with Crippen molar-refractivity contribution < 1.29 is 31.9 Å². The van der Waals surface area contributed by atoms with Crippen LogP contribution in [0.2, 0.25) is 72.5 Å². The van der Waals surface area contributed by atoms with Crippen molar-refractivity contribution in [1.82, 2.24) is 0 Å². The van der Waals surface area contributed by atoms with Crippen LogP contribution in [0.15, 0.2) is 72.9 Å². The van der Waals surface area contributed by atoms with Gasteiger partial charge < -0.3 is 31.9 Å². The third-order valence-electron chi connectivity index (χ3n) is 19.2. The molecule has 452 valence electrons. The van der Waals surface area contributed by atoms with Crippen LogP contribution in [0.3, 0.4) is 0 Å². The molecule has 14 atom stereocenters. The lowest BCUT2D eigenvalue weighted by Crippen LogP contribution is -2.55. The van der Waals surface area contributed by atoms with Gasteiger partial charge in [-0.25, -0.2) is 0 Å². The summed E-state index contributed by atoms with van der Waals surface area (Å²) in [4.78, 5) is 0. The molecule has 1 saturated heterocycles. The molecule has 1 aromatic rings. The van der Waals surface area contributed by atoms with Crippen LogP contribution in [-0.2, 0) is 33.8 Å². The van der Waals surface area contributed by atoms with Gasteiger partial charge in [0.15, 0.2) is 33.3 Å². The highest BCUT2D eigenvalue weighted by molar-refractivity contribution is 7.99. The molecule has 0 radical (unpaired) electrons. The van der Waals surface area contributed by atoms with Gasteiger partial charge >= 0.3 is 0 Å². The first kappa shape index (κ1) is 73.1. The minimum absolute atomic E-state index is 0.00479. The fourth-order valence-electron chi connectivity index (χ4n) is 9.93. The lowest BCUT2D eigenvalue weighted by Gasteiger charge is -2.50. The Morgan fingerprint density at radius 3 is 1.62 bits per heavy atom. The number of thioether (sulfide) groups is 1. The number of allylic oxidation sites excluding steroid dienone is 3. The molecule has 2 rings (SSSR count). The first-order chi connectivity index (χ1) is 35.4. The van der Waals surface area contributed by atoms with Crippen molar-refractivity contribution in [2.75, 3.05) is 12.9 Å². The predicted molar refractivity (Wildman–Crippen MR) is 352 cm³/mol. The van der Waals surface area contributed by atoms with Crippen molar-refractivity contribution in [3.8, 4) is 5.75 Å². The maximum atomic E-state index is 7.60. The maximum absolute atomic E-state index is 7.60. The van der Waals surface area contributed by atoms with Gasteiger partial charge in [-0.1, -0.05) is 199 Å². The molecule has 78 heavy (non-hydrogen) atoms. The Kier molecular flexibility index (Phi) is 27.8. The molecule has 12 heteroatoms. The van der Waals surface area contributed by atoms with Gasteiger partial charge in [-0.2, -0.15) is 0 Å². The summed E-state index contributed by atoms with van der Waals surface area (Å²) in [5, 5.41) is 0.259. The fraction of sp³-hybridized carbons (Fsp3) is 0.788. The highest BCUT2D eigenvalue weighted by Gasteiger charge is 2.50. The van der Waals surface area contributed by atoms with Crippen LogP contribution in [0.1, 0.15) is 164 Å². The Morgan fingerprint density at radius 1 is 0.654 bits per heavy atom. The van der Waals surface area contributed by atoms with Crippen molar-refractivity contribution in [1.29, 1.82) is 0 Å². The highest BCUT2D eigenvalue weighted by Crippen LogP contribution is 2.47. The molecule has 0 unspecified atom stereocenters. The molecule has 1 aliphatic heterocycles. The van der Waals surface area contributed by atoms with E-state index in [4.69, 9.17) is 31.9 Å². The zero-order valence-electron chi connectivity index (χ0n) is 56.2. The first-order valence-electron chi connectivity index (χ1n) is 30.3. The summed E-state index contributed by atoms with van der Waals surface area (Å²) in [6, 6.07) is 8.22. The van der Waals surface area contributed by atoms with Crippen LogP contribution in [0.4, 0.5) is 0 Å². The molecular weight excluding hydrogens is 1050 g/mol. The van der Waals surface area contributed by atoms with Crippen LogP contribution in [-0.4, -0.2) is 88.2 Å². The third kappa shape index (κ3) is 20.9. The number of benzene rings is 1. The quantitative estimate of drug-likeness (QED) is 0.0447. The van der Waals surface area contributed by atoms with Crippen molar-refractivity contribution >= 4 is 45.0 Å². The molecule has 7 nitrogen and oxygen atoms in total. The number of hydrogen-bond acceptors (Lipinski definition) is 8. The number of hydrogen-bond donors (Lipinski definition) is 0. The van der Waals surface area contributed by atoms with E-state index in [1.165, 1.54) is 5.57 Å². The van der Waals surface area contributed by atoms with E-state index in [1.54, 1.807) is 7.11 Å². The molecule has 0 N–H and O–H groups in total. The third-order valence-corrected chi connectivity index (χ3v) is 38.4. The van der Waals surface area contributed by atoms with E-state index in [0.717, 1.165) is 29.9 Å². The SMILES string of the molecule is C=C/C=C\[C@@H](C)[C@@H](OCc1ccc(OC)cc1)[C@@H](C)[C@H](O[Si](C)(C)C(C)(C)C)[C@@H](C)C/C(C)=C\[C@H](C)[C@@H](O[Si](C)(C)C(C)(C)C)[C@@H](C)/C=C\[C@H](C[C@@H]1O[C@H](SCC)[C@H](C)[C@@H](O[Si](C)(C)C(C)(C)C)[C@H]1C)O[Si](C)(C)C(C)(C)C. The predicted octanol–water partition coefficient (Wildman–Crippen LogP) is 20.1. The zero-order valence-corrected chi connectivity index (χ0v) is 61.0. The second kappa shape index (κ2) is 29.7. The van der Waals surface area contributed by atoms with Gasteiger partial charge in [0.25, 0.3) is 0 Å². The zero-order chi connectivity index (χ0) is 60.4. The van der Waals surface area contributed by atoms with Crippen molar-refractivity contribution in [3.63, 3.8) is 0 Å². The lowest BCUT2D eigenvalue weighted by molar-refractivity contribution is -0.134. The molecule has 1 aromatic carbocycles. The Hall–Kier alpha value is -1.04. The van der Waals surface area contributed by atoms with E-state index in [9.17, 15) is 0 Å². The van der Waals surface area contributed by atoms with Gasteiger partial charge in [-0.15, -0.1) is 11.8 Å². The molecule has 1 fully saturated rings. The van der Waals surface area contributed by atoms with E-state index in [0.29, 0.717) is 6.61 Å². The average Bonchev–Trinajstić information content (AvgIpc) is 3.29. The fourth-order valence-corrected chi connectivity index (χ4v) is 16.6. The van der Waals surface area contributed by atoms with Gasteiger partial charge in [0, 0.05) is 30.1 Å². The van der Waals surface area contributed by atoms with E-state index < -0.39 is 33.3 Å². The summed E-state index contributed by atoms with van der Waals surface area (Å²) in [6.45, 7) is 73.0. The minimum Gasteiger partial charge on any atom is -0.497 e. The Bertz CT molecular complexity index is 2040. The number of methoxy groups -OCH3 is 1. The van der Waals surface area contributed by atoms with Crippen molar-refractivity contribution in [3.05, 3.63) is 78.4 Å².